The van der Waals surface area contributed by atoms with Gasteiger partial charge in [-0.05, 0) is 61.5 Å². The Morgan fingerprint density at radius 3 is 2.71 bits per heavy atom. The van der Waals surface area contributed by atoms with E-state index in [0.29, 0.717) is 29.7 Å². The van der Waals surface area contributed by atoms with Crippen LogP contribution in [0.1, 0.15) is 44.9 Å². The second kappa shape index (κ2) is 9.61. The summed E-state index contributed by atoms with van der Waals surface area (Å²) in [5.74, 6) is 1.55. The second-order valence-corrected chi connectivity index (χ2v) is 10.6. The van der Waals surface area contributed by atoms with Crippen LogP contribution in [0.3, 0.4) is 0 Å². The van der Waals surface area contributed by atoms with Crippen LogP contribution in [0.15, 0.2) is 28.1 Å². The molecule has 1 aromatic carbocycles. The lowest BCUT2D eigenvalue weighted by Gasteiger charge is -2.42. The number of phenolic OH excluding ortho intramolecular Hbond substituents is 1. The van der Waals surface area contributed by atoms with Crippen LogP contribution in [0.2, 0.25) is 0 Å². The summed E-state index contributed by atoms with van der Waals surface area (Å²) in [6.07, 6.45) is 8.63. The Kier molecular flexibility index (Phi) is 7.42. The molecule has 0 bridgehead atoms. The molecule has 0 aliphatic heterocycles. The highest BCUT2D eigenvalue weighted by Gasteiger charge is 2.38. The van der Waals surface area contributed by atoms with Crippen molar-refractivity contribution < 1.29 is 23.2 Å². The minimum atomic E-state index is -3.93. The third-order valence-corrected chi connectivity index (χ3v) is 7.77. The topological polar surface area (TPSA) is 107 Å². The molecule has 1 aromatic rings. The van der Waals surface area contributed by atoms with E-state index in [-0.39, 0.29) is 23.5 Å². The minimum absolute atomic E-state index is 0.0490. The zero-order chi connectivity index (χ0) is 20.1. The van der Waals surface area contributed by atoms with Gasteiger partial charge in [-0.2, -0.15) is 8.42 Å². The Bertz CT molecular complexity index is 796. The first-order chi connectivity index (χ1) is 13.3. The average Bonchev–Trinajstić information content (AvgIpc) is 2.65. The van der Waals surface area contributed by atoms with E-state index in [1.807, 2.05) is 12.3 Å². The van der Waals surface area contributed by atoms with Gasteiger partial charge in [-0.15, -0.1) is 11.8 Å². The molecule has 2 saturated carbocycles. The van der Waals surface area contributed by atoms with E-state index in [4.69, 9.17) is 4.55 Å². The summed E-state index contributed by atoms with van der Waals surface area (Å²) in [5, 5.41) is 20.7. The van der Waals surface area contributed by atoms with E-state index in [2.05, 4.69) is 4.99 Å². The van der Waals surface area contributed by atoms with E-state index in [0.717, 1.165) is 24.2 Å². The SMILES string of the molecule is O=S(=O)(O)CCCSc1ccc(N=CC2C(O)CCC3CCCCC32)c(O)c1. The number of hydrogen-bond donors (Lipinski definition) is 3. The maximum atomic E-state index is 10.7. The molecule has 2 fully saturated rings. The lowest BCUT2D eigenvalue weighted by atomic mass is 9.65. The van der Waals surface area contributed by atoms with Gasteiger partial charge in [0.2, 0.25) is 0 Å². The van der Waals surface area contributed by atoms with Crippen molar-refractivity contribution in [3.05, 3.63) is 18.2 Å². The maximum Gasteiger partial charge on any atom is 0.264 e. The van der Waals surface area contributed by atoms with Gasteiger partial charge in [-0.3, -0.25) is 9.55 Å². The summed E-state index contributed by atoms with van der Waals surface area (Å²) in [6.45, 7) is 0. The number of aliphatic hydroxyl groups excluding tert-OH is 1. The van der Waals surface area contributed by atoms with Crippen molar-refractivity contribution in [2.45, 2.75) is 55.9 Å². The minimum Gasteiger partial charge on any atom is -0.506 e. The van der Waals surface area contributed by atoms with Crippen LogP contribution < -0.4 is 0 Å². The lowest BCUT2D eigenvalue weighted by molar-refractivity contribution is 0.0190. The van der Waals surface area contributed by atoms with Crippen molar-refractivity contribution in [2.24, 2.45) is 22.7 Å². The van der Waals surface area contributed by atoms with Gasteiger partial charge in [0, 0.05) is 17.0 Å². The molecule has 4 atom stereocenters. The normalized spacial score (nSPS) is 28.4. The predicted molar refractivity (Wildman–Crippen MR) is 112 cm³/mol. The van der Waals surface area contributed by atoms with Gasteiger partial charge >= 0.3 is 0 Å². The highest BCUT2D eigenvalue weighted by Crippen LogP contribution is 2.43. The zero-order valence-electron chi connectivity index (χ0n) is 15.9. The summed E-state index contributed by atoms with van der Waals surface area (Å²) in [4.78, 5) is 5.30. The first-order valence-corrected chi connectivity index (χ1v) is 12.6. The highest BCUT2D eigenvalue weighted by molar-refractivity contribution is 7.99. The summed E-state index contributed by atoms with van der Waals surface area (Å²) in [7, 11) is -3.93. The Hall–Kier alpha value is -1.09. The van der Waals surface area contributed by atoms with Crippen LogP contribution in [0.25, 0.3) is 0 Å². The van der Waals surface area contributed by atoms with Crippen molar-refractivity contribution in [2.75, 3.05) is 11.5 Å². The summed E-state index contributed by atoms with van der Waals surface area (Å²) in [6, 6.07) is 5.20. The number of phenols is 1. The molecule has 156 valence electrons. The van der Waals surface area contributed by atoms with Crippen molar-refractivity contribution in [3.63, 3.8) is 0 Å². The molecule has 0 spiro atoms. The Labute approximate surface area is 171 Å². The number of aromatic hydroxyl groups is 1. The summed E-state index contributed by atoms with van der Waals surface area (Å²) in [5.41, 5.74) is 0.479. The van der Waals surface area contributed by atoms with Crippen LogP contribution in [-0.2, 0) is 10.1 Å². The number of nitrogens with zero attached hydrogens (tertiary/aromatic N) is 1. The van der Waals surface area contributed by atoms with E-state index in [9.17, 15) is 18.6 Å². The van der Waals surface area contributed by atoms with Crippen molar-refractivity contribution in [1.29, 1.82) is 0 Å². The predicted octanol–water partition coefficient (Wildman–Crippen LogP) is 4.04. The van der Waals surface area contributed by atoms with E-state index in [1.54, 1.807) is 12.1 Å². The molecule has 0 radical (unpaired) electrons. The fourth-order valence-corrected chi connectivity index (χ4v) is 6.05. The van der Waals surface area contributed by atoms with Gasteiger partial charge in [0.1, 0.15) is 11.4 Å². The van der Waals surface area contributed by atoms with Crippen LogP contribution in [0.4, 0.5) is 5.69 Å². The Morgan fingerprint density at radius 1 is 1.18 bits per heavy atom. The van der Waals surface area contributed by atoms with Crippen molar-refractivity contribution in [3.8, 4) is 5.75 Å². The van der Waals surface area contributed by atoms with Crippen LogP contribution in [-0.4, -0.2) is 47.0 Å². The average molecular weight is 428 g/mol. The standard InChI is InChI=1S/C20H29NO5S2/c22-19-9-6-14-4-1-2-5-16(14)17(19)13-21-18-8-7-15(12-20(18)23)27-10-3-11-28(24,25)26/h7-8,12-14,16-17,19,22-23H,1-6,9-11H2,(H,24,25,26). The number of aliphatic hydroxyl groups is 1. The molecule has 3 N–H and O–H groups in total. The second-order valence-electron chi connectivity index (χ2n) is 7.85. The number of hydrogen-bond acceptors (Lipinski definition) is 6. The first kappa shape index (κ1) is 21.6. The maximum absolute atomic E-state index is 10.7. The highest BCUT2D eigenvalue weighted by atomic mass is 32.2. The Balaban J connectivity index is 1.60. The van der Waals surface area contributed by atoms with Gasteiger partial charge < -0.3 is 10.2 Å². The zero-order valence-corrected chi connectivity index (χ0v) is 17.5. The number of thioether (sulfide) groups is 1. The number of rotatable bonds is 7. The number of benzene rings is 1. The summed E-state index contributed by atoms with van der Waals surface area (Å²) < 4.78 is 30.2. The van der Waals surface area contributed by atoms with Crippen LogP contribution in [0, 0.1) is 17.8 Å². The largest absolute Gasteiger partial charge is 0.506 e. The summed E-state index contributed by atoms with van der Waals surface area (Å²) >= 11 is 1.42. The van der Waals surface area contributed by atoms with Gasteiger partial charge in [0.25, 0.3) is 10.1 Å². The van der Waals surface area contributed by atoms with Gasteiger partial charge in [0.05, 0.1) is 11.9 Å². The fourth-order valence-electron chi connectivity index (χ4n) is 4.47. The van der Waals surface area contributed by atoms with Gasteiger partial charge in [-0.1, -0.05) is 19.3 Å². The molecule has 4 unspecified atom stereocenters. The molecule has 0 heterocycles. The lowest BCUT2D eigenvalue weighted by Crippen LogP contribution is -2.40. The van der Waals surface area contributed by atoms with Gasteiger partial charge in [0.15, 0.2) is 0 Å². The molecular weight excluding hydrogens is 398 g/mol. The van der Waals surface area contributed by atoms with Crippen molar-refractivity contribution in [1.82, 2.24) is 0 Å². The molecular formula is C20H29NO5S2. The molecule has 0 amide bonds. The molecule has 28 heavy (non-hydrogen) atoms. The molecule has 8 heteroatoms. The molecule has 3 rings (SSSR count). The van der Waals surface area contributed by atoms with E-state index >= 15 is 0 Å². The van der Waals surface area contributed by atoms with Crippen molar-refractivity contribution >= 4 is 33.8 Å². The quantitative estimate of drug-likeness (QED) is 0.262. The third-order valence-electron chi connectivity index (χ3n) is 5.89. The van der Waals surface area contributed by atoms with Crippen LogP contribution in [0.5, 0.6) is 5.75 Å². The number of aliphatic imine (C=N–C) groups is 1. The molecule has 6 nitrogen and oxygen atoms in total. The Morgan fingerprint density at radius 2 is 1.96 bits per heavy atom. The molecule has 2 aliphatic carbocycles. The third kappa shape index (κ3) is 5.95. The molecule has 2 aliphatic rings. The van der Waals surface area contributed by atoms with E-state index < -0.39 is 10.1 Å². The first-order valence-electron chi connectivity index (χ1n) is 9.97. The van der Waals surface area contributed by atoms with Gasteiger partial charge in [-0.25, -0.2) is 0 Å². The van der Waals surface area contributed by atoms with E-state index in [1.165, 1.54) is 31.0 Å². The van der Waals surface area contributed by atoms with Crippen LogP contribution >= 0.6 is 11.8 Å². The monoisotopic (exact) mass is 427 g/mol. The molecule has 0 saturated heterocycles. The smallest absolute Gasteiger partial charge is 0.264 e. The molecule has 0 aromatic heterocycles. The number of fused-ring (bicyclic) bond motifs is 1. The fraction of sp³-hybridized carbons (Fsp3) is 0.650.